The van der Waals surface area contributed by atoms with E-state index in [-0.39, 0.29) is 5.91 Å². The second kappa shape index (κ2) is 5.82. The fourth-order valence-corrected chi connectivity index (χ4v) is 2.68. The van der Waals surface area contributed by atoms with Crippen LogP contribution in [0.4, 0.5) is 5.69 Å². The number of carbonyl (C=O) groups is 1. The number of hydrogen-bond donors (Lipinski definition) is 0. The maximum atomic E-state index is 12.2. The molecule has 0 unspecified atom stereocenters. The first kappa shape index (κ1) is 14.0. The minimum absolute atomic E-state index is 0.0402. The number of aryl methyl sites for hydroxylation is 1. The Bertz CT molecular complexity index is 632. The number of nitrogens with zero attached hydrogens (tertiary/aromatic N) is 2. The molecule has 1 aliphatic rings. The van der Waals surface area contributed by atoms with Gasteiger partial charge >= 0.3 is 0 Å². The van der Waals surface area contributed by atoms with E-state index in [9.17, 15) is 4.79 Å². The highest BCUT2D eigenvalue weighted by Gasteiger charge is 2.23. The molecule has 0 bridgehead atoms. The second-order valence-corrected chi connectivity index (χ2v) is 5.60. The monoisotopic (exact) mass is 304 g/mol. The van der Waals surface area contributed by atoms with Crippen molar-refractivity contribution in [2.75, 3.05) is 31.1 Å². The standard InChI is InChI=1S/C16H17ClN2O2/c1-12-4-5-13(11-14(12)17)18-6-8-19(9-7-18)16(20)15-3-2-10-21-15/h2-5,10-11H,6-9H2,1H3. The van der Waals surface area contributed by atoms with Crippen molar-refractivity contribution in [1.29, 1.82) is 0 Å². The van der Waals surface area contributed by atoms with Gasteiger partial charge in [0, 0.05) is 36.9 Å². The van der Waals surface area contributed by atoms with E-state index in [2.05, 4.69) is 11.0 Å². The van der Waals surface area contributed by atoms with Crippen molar-refractivity contribution >= 4 is 23.2 Å². The van der Waals surface area contributed by atoms with Crippen LogP contribution in [-0.2, 0) is 0 Å². The third-order valence-corrected chi connectivity index (χ3v) is 4.23. The molecule has 0 N–H and O–H groups in total. The van der Waals surface area contributed by atoms with Crippen molar-refractivity contribution in [3.05, 3.63) is 52.9 Å². The molecule has 5 heteroatoms. The number of piperazine rings is 1. The number of halogens is 1. The van der Waals surface area contributed by atoms with E-state index in [1.54, 1.807) is 12.1 Å². The summed E-state index contributed by atoms with van der Waals surface area (Å²) in [5.74, 6) is 0.364. The van der Waals surface area contributed by atoms with E-state index >= 15 is 0 Å². The van der Waals surface area contributed by atoms with E-state index < -0.39 is 0 Å². The Hall–Kier alpha value is -1.94. The molecule has 1 aromatic carbocycles. The van der Waals surface area contributed by atoms with Gasteiger partial charge < -0.3 is 14.2 Å². The van der Waals surface area contributed by atoms with Gasteiger partial charge in [0.1, 0.15) is 0 Å². The van der Waals surface area contributed by atoms with E-state index in [0.717, 1.165) is 29.4 Å². The normalized spacial score (nSPS) is 15.3. The lowest BCUT2D eigenvalue weighted by Gasteiger charge is -2.35. The Balaban J connectivity index is 1.65. The van der Waals surface area contributed by atoms with Gasteiger partial charge in [-0.2, -0.15) is 0 Å². The highest BCUT2D eigenvalue weighted by molar-refractivity contribution is 6.31. The predicted molar refractivity (Wildman–Crippen MR) is 83.0 cm³/mol. The molecule has 3 rings (SSSR count). The first-order valence-corrected chi connectivity index (χ1v) is 7.37. The summed E-state index contributed by atoms with van der Waals surface area (Å²) in [4.78, 5) is 16.3. The van der Waals surface area contributed by atoms with Gasteiger partial charge in [0.05, 0.1) is 6.26 Å². The lowest BCUT2D eigenvalue weighted by atomic mass is 10.2. The number of hydrogen-bond acceptors (Lipinski definition) is 3. The fraction of sp³-hybridized carbons (Fsp3) is 0.312. The van der Waals surface area contributed by atoms with Crippen LogP contribution in [-0.4, -0.2) is 37.0 Å². The first-order valence-electron chi connectivity index (χ1n) is 6.99. The third kappa shape index (κ3) is 2.90. The summed E-state index contributed by atoms with van der Waals surface area (Å²) < 4.78 is 5.17. The molecule has 1 aromatic heterocycles. The van der Waals surface area contributed by atoms with E-state index in [1.807, 2.05) is 24.0 Å². The zero-order valence-electron chi connectivity index (χ0n) is 11.9. The molecule has 1 amide bonds. The number of carbonyl (C=O) groups excluding carboxylic acids is 1. The largest absolute Gasteiger partial charge is 0.459 e. The van der Waals surface area contributed by atoms with Crippen molar-refractivity contribution in [2.45, 2.75) is 6.92 Å². The summed E-state index contributed by atoms with van der Waals surface area (Å²) >= 11 is 6.18. The lowest BCUT2D eigenvalue weighted by molar-refractivity contribution is 0.0714. The van der Waals surface area contributed by atoms with Gasteiger partial charge in [0.15, 0.2) is 5.76 Å². The van der Waals surface area contributed by atoms with Crippen molar-refractivity contribution in [2.24, 2.45) is 0 Å². The zero-order valence-corrected chi connectivity index (χ0v) is 12.6. The molecule has 0 spiro atoms. The van der Waals surface area contributed by atoms with Gasteiger partial charge in [0.2, 0.25) is 0 Å². The van der Waals surface area contributed by atoms with Crippen LogP contribution in [0.1, 0.15) is 16.1 Å². The van der Waals surface area contributed by atoms with Crippen molar-refractivity contribution in [3.8, 4) is 0 Å². The molecule has 0 aliphatic carbocycles. The van der Waals surface area contributed by atoms with Gasteiger partial charge in [-0.1, -0.05) is 17.7 Å². The third-order valence-electron chi connectivity index (χ3n) is 3.82. The topological polar surface area (TPSA) is 36.7 Å². The van der Waals surface area contributed by atoms with Crippen LogP contribution >= 0.6 is 11.6 Å². The van der Waals surface area contributed by atoms with Crippen LogP contribution in [0.3, 0.4) is 0 Å². The number of furan rings is 1. The van der Waals surface area contributed by atoms with E-state index in [0.29, 0.717) is 18.8 Å². The van der Waals surface area contributed by atoms with Crippen molar-refractivity contribution in [3.63, 3.8) is 0 Å². The molecule has 1 aliphatic heterocycles. The molecule has 0 atom stereocenters. The number of benzene rings is 1. The summed E-state index contributed by atoms with van der Waals surface area (Å²) in [5, 5.41) is 0.779. The van der Waals surface area contributed by atoms with Crippen LogP contribution in [0, 0.1) is 6.92 Å². The average Bonchev–Trinajstić information content (AvgIpc) is 3.04. The van der Waals surface area contributed by atoms with Crippen molar-refractivity contribution < 1.29 is 9.21 Å². The number of anilines is 1. The molecule has 2 aromatic rings. The van der Waals surface area contributed by atoms with E-state index in [4.69, 9.17) is 16.0 Å². The highest BCUT2D eigenvalue weighted by atomic mass is 35.5. The first-order chi connectivity index (χ1) is 10.1. The van der Waals surface area contributed by atoms with Crippen molar-refractivity contribution in [1.82, 2.24) is 4.90 Å². The quantitative estimate of drug-likeness (QED) is 0.855. The Morgan fingerprint density at radius 3 is 2.57 bits per heavy atom. The minimum Gasteiger partial charge on any atom is -0.459 e. The smallest absolute Gasteiger partial charge is 0.289 e. The average molecular weight is 305 g/mol. The molecular formula is C16H17ClN2O2. The van der Waals surface area contributed by atoms with Crippen LogP contribution < -0.4 is 4.90 Å². The summed E-state index contributed by atoms with van der Waals surface area (Å²) in [5.41, 5.74) is 2.18. The molecule has 0 radical (unpaired) electrons. The molecule has 21 heavy (non-hydrogen) atoms. The molecule has 1 saturated heterocycles. The Morgan fingerprint density at radius 2 is 1.95 bits per heavy atom. The maximum absolute atomic E-state index is 12.2. The molecular weight excluding hydrogens is 288 g/mol. The van der Waals surface area contributed by atoms with Gasteiger partial charge in [-0.15, -0.1) is 0 Å². The lowest BCUT2D eigenvalue weighted by Crippen LogP contribution is -2.48. The highest BCUT2D eigenvalue weighted by Crippen LogP contribution is 2.24. The van der Waals surface area contributed by atoms with E-state index in [1.165, 1.54) is 6.26 Å². The van der Waals surface area contributed by atoms with Gasteiger partial charge in [0.25, 0.3) is 5.91 Å². The molecule has 4 nitrogen and oxygen atoms in total. The second-order valence-electron chi connectivity index (χ2n) is 5.19. The van der Waals surface area contributed by atoms with Crippen LogP contribution in [0.15, 0.2) is 41.0 Å². The number of rotatable bonds is 2. The van der Waals surface area contributed by atoms with Crippen LogP contribution in [0.2, 0.25) is 5.02 Å². The molecule has 110 valence electrons. The Kier molecular flexibility index (Phi) is 3.88. The zero-order chi connectivity index (χ0) is 14.8. The summed E-state index contributed by atoms with van der Waals surface area (Å²) in [7, 11) is 0. The fourth-order valence-electron chi connectivity index (χ4n) is 2.50. The SMILES string of the molecule is Cc1ccc(N2CCN(C(=O)c3ccco3)CC2)cc1Cl. The maximum Gasteiger partial charge on any atom is 0.289 e. The predicted octanol–water partition coefficient (Wildman–Crippen LogP) is 3.20. The van der Waals surface area contributed by atoms with Gasteiger partial charge in [-0.3, -0.25) is 4.79 Å². The summed E-state index contributed by atoms with van der Waals surface area (Å²) in [6.45, 7) is 4.96. The minimum atomic E-state index is -0.0402. The Labute approximate surface area is 128 Å². The molecule has 2 heterocycles. The molecule has 0 saturated carbocycles. The van der Waals surface area contributed by atoms with Gasteiger partial charge in [-0.25, -0.2) is 0 Å². The summed E-state index contributed by atoms with van der Waals surface area (Å²) in [6.07, 6.45) is 1.53. The number of amides is 1. The van der Waals surface area contributed by atoms with Gasteiger partial charge in [-0.05, 0) is 36.8 Å². The van der Waals surface area contributed by atoms with Crippen LogP contribution in [0.5, 0.6) is 0 Å². The van der Waals surface area contributed by atoms with Crippen LogP contribution in [0.25, 0.3) is 0 Å². The summed E-state index contributed by atoms with van der Waals surface area (Å²) in [6, 6.07) is 9.52. The Morgan fingerprint density at radius 1 is 1.19 bits per heavy atom. The molecule has 1 fully saturated rings.